The van der Waals surface area contributed by atoms with Gasteiger partial charge in [-0.3, -0.25) is 4.79 Å². The second-order valence-electron chi connectivity index (χ2n) is 5.10. The number of hydrogen-bond acceptors (Lipinski definition) is 3. The second kappa shape index (κ2) is 8.61. The summed E-state index contributed by atoms with van der Waals surface area (Å²) < 4.78 is 0. The van der Waals surface area contributed by atoms with Crippen molar-refractivity contribution in [2.75, 3.05) is 5.32 Å². The fraction of sp³-hybridized carbons (Fsp3) is 0.176. The highest BCUT2D eigenvalue weighted by Gasteiger charge is 2.15. The quantitative estimate of drug-likeness (QED) is 0.685. The smallest absolute Gasteiger partial charge is 0.316 e. The summed E-state index contributed by atoms with van der Waals surface area (Å²) in [6.45, 7) is 2.19. The highest BCUT2D eigenvalue weighted by molar-refractivity contribution is 8.00. The molecule has 0 aliphatic rings. The van der Waals surface area contributed by atoms with Gasteiger partial charge in [-0.25, -0.2) is 4.79 Å². The van der Waals surface area contributed by atoms with Crippen molar-refractivity contribution in [3.63, 3.8) is 0 Å². The number of hydrogen-bond donors (Lipinski definition) is 3. The molecule has 0 heterocycles. The van der Waals surface area contributed by atoms with Crippen molar-refractivity contribution in [1.29, 1.82) is 0 Å². The molecule has 4 N–H and O–H groups in total. The second-order valence-corrected chi connectivity index (χ2v) is 6.89. The summed E-state index contributed by atoms with van der Waals surface area (Å²) in [4.78, 5) is 24.0. The maximum atomic E-state index is 12.2. The van der Waals surface area contributed by atoms with Gasteiger partial charge in [0.1, 0.15) is 0 Å². The van der Waals surface area contributed by atoms with E-state index < -0.39 is 6.03 Å². The molecule has 0 aromatic heterocycles. The van der Waals surface area contributed by atoms with Gasteiger partial charge in [-0.2, -0.15) is 0 Å². The van der Waals surface area contributed by atoms with Crippen LogP contribution in [0.1, 0.15) is 12.5 Å². The third-order valence-corrected chi connectivity index (χ3v) is 4.79. The molecule has 126 valence electrons. The number of benzene rings is 2. The number of nitrogens with two attached hydrogens (primary N) is 1. The van der Waals surface area contributed by atoms with Gasteiger partial charge in [0, 0.05) is 17.1 Å². The van der Waals surface area contributed by atoms with E-state index in [4.69, 9.17) is 17.3 Å². The Balaban J connectivity index is 1.90. The van der Waals surface area contributed by atoms with Crippen LogP contribution in [0.3, 0.4) is 0 Å². The van der Waals surface area contributed by atoms with Crippen molar-refractivity contribution >= 4 is 41.0 Å². The summed E-state index contributed by atoms with van der Waals surface area (Å²) in [6, 6.07) is 13.9. The molecule has 0 bridgehead atoms. The minimum atomic E-state index is -0.624. The molecule has 24 heavy (non-hydrogen) atoms. The molecule has 2 rings (SSSR count). The average molecular weight is 364 g/mol. The van der Waals surface area contributed by atoms with Crippen LogP contribution < -0.4 is 16.4 Å². The van der Waals surface area contributed by atoms with E-state index in [1.807, 2.05) is 31.2 Å². The lowest BCUT2D eigenvalue weighted by atomic mass is 10.2. The predicted octanol–water partition coefficient (Wildman–Crippen LogP) is 3.63. The number of carbonyl (C=O) groups excluding carboxylic acids is 2. The monoisotopic (exact) mass is 363 g/mol. The van der Waals surface area contributed by atoms with Crippen LogP contribution in [0.25, 0.3) is 0 Å². The minimum Gasteiger partial charge on any atom is -0.351 e. The summed E-state index contributed by atoms with van der Waals surface area (Å²) in [5.74, 6) is -0.0896. The number of primary amides is 1. The number of halogens is 1. The first kappa shape index (κ1) is 18.2. The van der Waals surface area contributed by atoms with Gasteiger partial charge in [0.15, 0.2) is 0 Å². The van der Waals surface area contributed by atoms with E-state index in [-0.39, 0.29) is 11.2 Å². The van der Waals surface area contributed by atoms with Gasteiger partial charge >= 0.3 is 6.03 Å². The minimum absolute atomic E-state index is 0.0896. The molecular weight excluding hydrogens is 346 g/mol. The number of carbonyl (C=O) groups is 2. The van der Waals surface area contributed by atoms with Crippen molar-refractivity contribution in [2.45, 2.75) is 23.6 Å². The molecule has 0 unspecified atom stereocenters. The Bertz CT molecular complexity index is 739. The lowest BCUT2D eigenvalue weighted by Crippen LogP contribution is -2.30. The number of anilines is 1. The lowest BCUT2D eigenvalue weighted by molar-refractivity contribution is -0.120. The van der Waals surface area contributed by atoms with Crippen molar-refractivity contribution < 1.29 is 9.59 Å². The fourth-order valence-electron chi connectivity index (χ4n) is 2.02. The average Bonchev–Trinajstić information content (AvgIpc) is 2.54. The van der Waals surface area contributed by atoms with E-state index in [9.17, 15) is 9.59 Å². The number of urea groups is 1. The first-order valence-corrected chi connectivity index (χ1v) is 8.56. The van der Waals surface area contributed by atoms with Gasteiger partial charge in [0.05, 0.1) is 10.3 Å². The summed E-state index contributed by atoms with van der Waals surface area (Å²) in [5.41, 5.74) is 6.54. The number of rotatable bonds is 6. The maximum absolute atomic E-state index is 12.2. The van der Waals surface area contributed by atoms with Gasteiger partial charge in [0.2, 0.25) is 5.91 Å². The first-order chi connectivity index (χ1) is 11.5. The molecule has 2 aromatic rings. The Morgan fingerprint density at radius 2 is 1.96 bits per heavy atom. The van der Waals surface area contributed by atoms with Gasteiger partial charge < -0.3 is 16.4 Å². The molecule has 7 heteroatoms. The van der Waals surface area contributed by atoms with Crippen molar-refractivity contribution in [2.24, 2.45) is 5.73 Å². The summed E-state index contributed by atoms with van der Waals surface area (Å²) in [5, 5.41) is 5.73. The summed E-state index contributed by atoms with van der Waals surface area (Å²) in [7, 11) is 0. The van der Waals surface area contributed by atoms with Gasteiger partial charge in [-0.05, 0) is 36.8 Å². The number of amides is 3. The molecule has 0 saturated heterocycles. The topological polar surface area (TPSA) is 84.2 Å². The summed E-state index contributed by atoms with van der Waals surface area (Å²) in [6.07, 6.45) is 0. The van der Waals surface area contributed by atoms with Crippen molar-refractivity contribution in [1.82, 2.24) is 5.32 Å². The molecule has 0 radical (unpaired) electrons. The zero-order valence-corrected chi connectivity index (χ0v) is 14.7. The van der Waals surface area contributed by atoms with Crippen LogP contribution in [0.4, 0.5) is 10.5 Å². The van der Waals surface area contributed by atoms with E-state index in [0.717, 1.165) is 10.5 Å². The zero-order chi connectivity index (χ0) is 17.5. The lowest BCUT2D eigenvalue weighted by Gasteiger charge is -2.13. The van der Waals surface area contributed by atoms with Crippen LogP contribution in [0.2, 0.25) is 5.02 Å². The molecule has 0 fully saturated rings. The normalized spacial score (nSPS) is 11.6. The number of thioether (sulfide) groups is 1. The van der Waals surface area contributed by atoms with Gasteiger partial charge in [-0.15, -0.1) is 11.8 Å². The molecule has 0 aliphatic heterocycles. The molecular formula is C17H18ClN3O2S. The third-order valence-electron chi connectivity index (χ3n) is 3.17. The highest BCUT2D eigenvalue weighted by atomic mass is 35.5. The van der Waals surface area contributed by atoms with E-state index in [1.165, 1.54) is 11.8 Å². The van der Waals surface area contributed by atoms with Gasteiger partial charge in [-0.1, -0.05) is 35.9 Å². The Morgan fingerprint density at radius 3 is 2.67 bits per heavy atom. The molecule has 1 atom stereocenters. The zero-order valence-electron chi connectivity index (χ0n) is 13.1. The predicted molar refractivity (Wildman–Crippen MR) is 98.3 cm³/mol. The third kappa shape index (κ3) is 5.47. The Hall–Kier alpha value is -2.18. The van der Waals surface area contributed by atoms with Crippen molar-refractivity contribution in [3.8, 4) is 0 Å². The van der Waals surface area contributed by atoms with E-state index in [0.29, 0.717) is 17.3 Å². The standard InChI is InChI=1S/C17H18ClN3O2S/c1-11(24-15-8-3-2-7-14(15)18)16(22)20-10-12-5-4-6-13(9-12)21-17(19)23/h2-9,11H,10H2,1H3,(H,20,22)(H3,19,21,23)/t11-/m0/s1. The van der Waals surface area contributed by atoms with E-state index in [2.05, 4.69) is 10.6 Å². The van der Waals surface area contributed by atoms with Gasteiger partial charge in [0.25, 0.3) is 0 Å². The largest absolute Gasteiger partial charge is 0.351 e. The molecule has 3 amide bonds. The molecule has 0 aliphatic carbocycles. The van der Waals surface area contributed by atoms with Crippen LogP contribution >= 0.6 is 23.4 Å². The fourth-order valence-corrected chi connectivity index (χ4v) is 3.20. The van der Waals surface area contributed by atoms with E-state index >= 15 is 0 Å². The van der Waals surface area contributed by atoms with Crippen LogP contribution in [0.5, 0.6) is 0 Å². The van der Waals surface area contributed by atoms with Crippen molar-refractivity contribution in [3.05, 3.63) is 59.1 Å². The number of nitrogens with one attached hydrogen (secondary N) is 2. The van der Waals surface area contributed by atoms with E-state index in [1.54, 1.807) is 24.3 Å². The Kier molecular flexibility index (Phi) is 6.52. The van der Waals surface area contributed by atoms with Crippen LogP contribution in [0.15, 0.2) is 53.4 Å². The molecule has 5 nitrogen and oxygen atoms in total. The molecule has 0 spiro atoms. The Labute approximate surface area is 150 Å². The SMILES string of the molecule is C[C@H](Sc1ccccc1Cl)C(=O)NCc1cccc(NC(N)=O)c1. The Morgan fingerprint density at radius 1 is 1.21 bits per heavy atom. The maximum Gasteiger partial charge on any atom is 0.316 e. The highest BCUT2D eigenvalue weighted by Crippen LogP contribution is 2.30. The molecule has 2 aromatic carbocycles. The molecule has 0 saturated carbocycles. The van der Waals surface area contributed by atoms with Crippen LogP contribution in [0, 0.1) is 0 Å². The van der Waals surface area contributed by atoms with Crippen LogP contribution in [-0.2, 0) is 11.3 Å². The summed E-state index contributed by atoms with van der Waals surface area (Å²) >= 11 is 7.52. The van der Waals surface area contributed by atoms with Crippen LogP contribution in [-0.4, -0.2) is 17.2 Å². The first-order valence-electron chi connectivity index (χ1n) is 7.30.